The fourth-order valence-corrected chi connectivity index (χ4v) is 5.26. The number of carboxylic acids is 1. The molecule has 3 fully saturated rings. The van der Waals surface area contributed by atoms with E-state index in [1.54, 1.807) is 12.1 Å². The van der Waals surface area contributed by atoms with E-state index in [1.165, 1.54) is 12.1 Å². The van der Waals surface area contributed by atoms with Gasteiger partial charge in [0, 0.05) is 13.1 Å². The second-order valence-electron chi connectivity index (χ2n) is 8.40. The summed E-state index contributed by atoms with van der Waals surface area (Å²) in [5.41, 5.74) is 0.323. The number of hydrogen-bond donors (Lipinski definition) is 1. The third-order valence-electron chi connectivity index (χ3n) is 7.05. The molecule has 1 N–H and O–H groups in total. The standard InChI is InChI=1S/C21H26FNO3/c22-16-6-4-15(5-7-16)21(8-2-1-3-9-21)19(26)23-12-10-20(11-13-23)14-17(20)18(24)25/h4-7,17H,1-3,8-14H2,(H,24,25). The molecule has 26 heavy (non-hydrogen) atoms. The molecule has 1 aromatic rings. The van der Waals surface area contributed by atoms with Crippen molar-refractivity contribution in [2.45, 2.75) is 56.8 Å². The number of carboxylic acid groups (broad SMARTS) is 1. The zero-order chi connectivity index (χ0) is 18.4. The average Bonchev–Trinajstić information content (AvgIpc) is 3.37. The normalized spacial score (nSPS) is 26.5. The molecule has 0 radical (unpaired) electrons. The van der Waals surface area contributed by atoms with Crippen molar-refractivity contribution in [3.63, 3.8) is 0 Å². The fourth-order valence-electron chi connectivity index (χ4n) is 5.26. The van der Waals surface area contributed by atoms with E-state index in [1.807, 2.05) is 4.90 Å². The molecule has 1 unspecified atom stereocenters. The Hall–Kier alpha value is -1.91. The summed E-state index contributed by atoms with van der Waals surface area (Å²) in [6, 6.07) is 6.44. The molecule has 1 atom stereocenters. The van der Waals surface area contributed by atoms with E-state index in [0.29, 0.717) is 13.1 Å². The van der Waals surface area contributed by atoms with Crippen molar-refractivity contribution in [2.24, 2.45) is 11.3 Å². The molecule has 1 spiro atoms. The van der Waals surface area contributed by atoms with Crippen molar-refractivity contribution >= 4 is 11.9 Å². The molecule has 0 aromatic heterocycles. The molecule has 2 saturated carbocycles. The van der Waals surface area contributed by atoms with Crippen LogP contribution >= 0.6 is 0 Å². The summed E-state index contributed by atoms with van der Waals surface area (Å²) in [4.78, 5) is 26.7. The molecule has 1 amide bonds. The smallest absolute Gasteiger partial charge is 0.307 e. The Labute approximate surface area is 153 Å². The third-order valence-corrected chi connectivity index (χ3v) is 7.05. The monoisotopic (exact) mass is 359 g/mol. The molecule has 1 aromatic carbocycles. The van der Waals surface area contributed by atoms with Gasteiger partial charge in [-0.15, -0.1) is 0 Å². The lowest BCUT2D eigenvalue weighted by atomic mass is 9.68. The van der Waals surface area contributed by atoms with Crippen molar-refractivity contribution in [3.8, 4) is 0 Å². The topological polar surface area (TPSA) is 57.6 Å². The maximum absolute atomic E-state index is 13.5. The number of aliphatic carboxylic acids is 1. The first-order valence-corrected chi connectivity index (χ1v) is 9.75. The van der Waals surface area contributed by atoms with Crippen LogP contribution in [-0.4, -0.2) is 35.0 Å². The lowest BCUT2D eigenvalue weighted by Gasteiger charge is -2.43. The number of nitrogens with zero attached hydrogens (tertiary/aromatic N) is 1. The first-order chi connectivity index (χ1) is 12.5. The molecule has 140 valence electrons. The van der Waals surface area contributed by atoms with Gasteiger partial charge in [0.2, 0.25) is 5.91 Å². The van der Waals surface area contributed by atoms with E-state index in [0.717, 1.165) is 56.9 Å². The number of benzene rings is 1. The SMILES string of the molecule is O=C(O)C1CC12CCN(C(=O)C1(c3ccc(F)cc3)CCCCC1)CC2. The van der Waals surface area contributed by atoms with Gasteiger partial charge in [-0.1, -0.05) is 31.4 Å². The van der Waals surface area contributed by atoms with Gasteiger partial charge >= 0.3 is 5.97 Å². The van der Waals surface area contributed by atoms with Crippen molar-refractivity contribution in [1.29, 1.82) is 0 Å². The van der Waals surface area contributed by atoms with E-state index >= 15 is 0 Å². The summed E-state index contributed by atoms with van der Waals surface area (Å²) in [5, 5.41) is 9.25. The lowest BCUT2D eigenvalue weighted by molar-refractivity contribution is -0.141. The molecule has 3 aliphatic rings. The van der Waals surface area contributed by atoms with Gasteiger partial charge in [0.25, 0.3) is 0 Å². The molecule has 4 nitrogen and oxygen atoms in total. The number of rotatable bonds is 3. The van der Waals surface area contributed by atoms with E-state index in [9.17, 15) is 19.1 Å². The zero-order valence-corrected chi connectivity index (χ0v) is 15.0. The summed E-state index contributed by atoms with van der Waals surface area (Å²) in [7, 11) is 0. The zero-order valence-electron chi connectivity index (χ0n) is 15.0. The minimum Gasteiger partial charge on any atom is -0.481 e. The summed E-state index contributed by atoms with van der Waals surface area (Å²) in [5.74, 6) is -1.04. The molecule has 0 bridgehead atoms. The summed E-state index contributed by atoms with van der Waals surface area (Å²) in [6.07, 6.45) is 7.13. The predicted molar refractivity (Wildman–Crippen MR) is 95.2 cm³/mol. The quantitative estimate of drug-likeness (QED) is 0.894. The largest absolute Gasteiger partial charge is 0.481 e. The van der Waals surface area contributed by atoms with E-state index < -0.39 is 11.4 Å². The minimum absolute atomic E-state index is 0.0712. The van der Waals surface area contributed by atoms with Gasteiger partial charge in [-0.2, -0.15) is 0 Å². The number of halogens is 1. The van der Waals surface area contributed by atoms with Crippen LogP contribution in [0, 0.1) is 17.2 Å². The number of piperidine rings is 1. The highest BCUT2D eigenvalue weighted by molar-refractivity contribution is 5.88. The van der Waals surface area contributed by atoms with Crippen LogP contribution in [0.2, 0.25) is 0 Å². The number of carbonyl (C=O) groups is 2. The van der Waals surface area contributed by atoms with Crippen LogP contribution in [0.5, 0.6) is 0 Å². The summed E-state index contributed by atoms with van der Waals surface area (Å²) in [6.45, 7) is 1.29. The molecule has 1 heterocycles. The van der Waals surface area contributed by atoms with Crippen molar-refractivity contribution in [2.75, 3.05) is 13.1 Å². The highest BCUT2D eigenvalue weighted by atomic mass is 19.1. The predicted octanol–water partition coefficient (Wildman–Crippen LogP) is 3.74. The van der Waals surface area contributed by atoms with Crippen LogP contribution in [0.1, 0.15) is 56.9 Å². The van der Waals surface area contributed by atoms with Crippen LogP contribution in [0.25, 0.3) is 0 Å². The average molecular weight is 359 g/mol. The second kappa shape index (κ2) is 6.36. The van der Waals surface area contributed by atoms with Crippen molar-refractivity contribution in [1.82, 2.24) is 4.90 Å². The molecular formula is C21H26FNO3. The van der Waals surface area contributed by atoms with E-state index in [4.69, 9.17) is 0 Å². The highest BCUT2D eigenvalue weighted by Crippen LogP contribution is 2.59. The van der Waals surface area contributed by atoms with Crippen LogP contribution in [-0.2, 0) is 15.0 Å². The molecule has 1 aliphatic heterocycles. The highest BCUT2D eigenvalue weighted by Gasteiger charge is 2.59. The molecule has 1 saturated heterocycles. The maximum Gasteiger partial charge on any atom is 0.307 e. The number of amides is 1. The Balaban J connectivity index is 1.53. The minimum atomic E-state index is -0.695. The molecule has 2 aliphatic carbocycles. The molecular weight excluding hydrogens is 333 g/mol. The van der Waals surface area contributed by atoms with Crippen LogP contribution in [0.15, 0.2) is 24.3 Å². The lowest BCUT2D eigenvalue weighted by Crippen LogP contribution is -2.51. The second-order valence-corrected chi connectivity index (χ2v) is 8.40. The van der Waals surface area contributed by atoms with E-state index in [2.05, 4.69) is 0 Å². The number of hydrogen-bond acceptors (Lipinski definition) is 2. The van der Waals surface area contributed by atoms with Gasteiger partial charge < -0.3 is 10.0 Å². The van der Waals surface area contributed by atoms with Crippen LogP contribution in [0.4, 0.5) is 4.39 Å². The van der Waals surface area contributed by atoms with Gasteiger partial charge in [0.15, 0.2) is 0 Å². The van der Waals surface area contributed by atoms with Crippen LogP contribution in [0.3, 0.4) is 0 Å². The fraction of sp³-hybridized carbons (Fsp3) is 0.619. The van der Waals surface area contributed by atoms with Gasteiger partial charge in [-0.3, -0.25) is 9.59 Å². The summed E-state index contributed by atoms with van der Waals surface area (Å²) >= 11 is 0. The van der Waals surface area contributed by atoms with Gasteiger partial charge in [0.05, 0.1) is 11.3 Å². The summed E-state index contributed by atoms with van der Waals surface area (Å²) < 4.78 is 13.4. The Morgan fingerprint density at radius 3 is 2.15 bits per heavy atom. The maximum atomic E-state index is 13.5. The van der Waals surface area contributed by atoms with Crippen molar-refractivity contribution < 1.29 is 19.1 Å². The van der Waals surface area contributed by atoms with E-state index in [-0.39, 0.29) is 23.1 Å². The molecule has 4 rings (SSSR count). The van der Waals surface area contributed by atoms with Gasteiger partial charge in [-0.05, 0) is 55.2 Å². The number of carbonyl (C=O) groups excluding carboxylic acids is 1. The van der Waals surface area contributed by atoms with Gasteiger partial charge in [0.1, 0.15) is 5.82 Å². The molecule has 5 heteroatoms. The Bertz CT molecular complexity index is 700. The van der Waals surface area contributed by atoms with Gasteiger partial charge in [-0.25, -0.2) is 4.39 Å². The first-order valence-electron chi connectivity index (χ1n) is 9.75. The Morgan fingerprint density at radius 2 is 1.62 bits per heavy atom. The first kappa shape index (κ1) is 17.5. The number of likely N-dealkylation sites (tertiary alicyclic amines) is 1. The Kier molecular flexibility index (Phi) is 4.28. The van der Waals surface area contributed by atoms with Crippen LogP contribution < -0.4 is 0 Å². The van der Waals surface area contributed by atoms with Crippen molar-refractivity contribution in [3.05, 3.63) is 35.6 Å². The third kappa shape index (κ3) is 2.81. The Morgan fingerprint density at radius 1 is 1.00 bits per heavy atom.